The monoisotopic (exact) mass is 317 g/mol. The molecule has 4 nitrogen and oxygen atoms in total. The molecule has 0 saturated carbocycles. The summed E-state index contributed by atoms with van der Waals surface area (Å²) in [7, 11) is -4.00. The highest BCUT2D eigenvalue weighted by Gasteiger charge is 2.58. The Balaban J connectivity index is 4.72. The number of nitrogens with two attached hydrogens (primary N) is 1. The van der Waals surface area contributed by atoms with Crippen LogP contribution in [0.25, 0.3) is 0 Å². The number of ether oxygens (including phenoxy) is 1. The zero-order valence-corrected chi connectivity index (χ0v) is 10.6. The fraction of sp³-hybridized carbons (Fsp3) is 1.00. The van der Waals surface area contributed by atoms with Gasteiger partial charge in [-0.2, -0.15) is 26.3 Å². The summed E-state index contributed by atoms with van der Waals surface area (Å²) in [5.74, 6) is -1.78. The second kappa shape index (κ2) is 6.27. The number of sulfonamides is 1. The number of alkyl halides is 6. The maximum absolute atomic E-state index is 12.1. The smallest absolute Gasteiger partial charge is 0.361 e. The average Bonchev–Trinajstić information content (AvgIpc) is 2.09. The number of rotatable bonds is 6. The van der Waals surface area contributed by atoms with Crippen molar-refractivity contribution in [3.05, 3.63) is 0 Å². The van der Waals surface area contributed by atoms with E-state index in [1.807, 2.05) is 0 Å². The van der Waals surface area contributed by atoms with Crippen molar-refractivity contribution in [2.24, 2.45) is 11.1 Å². The molecule has 0 fully saturated rings. The fourth-order valence-electron chi connectivity index (χ4n) is 1.22. The molecule has 0 amide bonds. The van der Waals surface area contributed by atoms with Gasteiger partial charge in [0.1, 0.15) is 0 Å². The molecule has 0 aromatic rings. The van der Waals surface area contributed by atoms with Crippen LogP contribution in [0.5, 0.6) is 0 Å². The van der Waals surface area contributed by atoms with Crippen molar-refractivity contribution in [1.82, 2.24) is 0 Å². The number of primary sulfonamides is 1. The Morgan fingerprint density at radius 2 is 1.53 bits per heavy atom. The van der Waals surface area contributed by atoms with E-state index < -0.39 is 46.8 Å². The SMILES string of the molecule is CCC(COC(C(F)(F)F)C(F)(F)F)CS(N)(=O)=O. The minimum Gasteiger partial charge on any atom is -0.361 e. The molecule has 0 rings (SSSR count). The highest BCUT2D eigenvalue weighted by molar-refractivity contribution is 7.89. The van der Waals surface area contributed by atoms with E-state index >= 15 is 0 Å². The summed E-state index contributed by atoms with van der Waals surface area (Å²) in [6, 6.07) is 0. The predicted molar refractivity (Wildman–Crippen MR) is 53.6 cm³/mol. The number of hydrogen-bond donors (Lipinski definition) is 1. The molecule has 2 N–H and O–H groups in total. The lowest BCUT2D eigenvalue weighted by atomic mass is 10.1. The summed E-state index contributed by atoms with van der Waals surface area (Å²) in [4.78, 5) is 0. The molecular formula is C8H13F6NO3S. The van der Waals surface area contributed by atoms with Crippen LogP contribution in [0.4, 0.5) is 26.3 Å². The third-order valence-electron chi connectivity index (χ3n) is 2.14. The van der Waals surface area contributed by atoms with Crippen molar-refractivity contribution >= 4 is 10.0 Å². The van der Waals surface area contributed by atoms with Crippen molar-refractivity contribution < 1.29 is 39.5 Å². The first-order valence-electron chi connectivity index (χ1n) is 5.03. The highest BCUT2D eigenvalue weighted by Crippen LogP contribution is 2.36. The molecule has 0 aromatic carbocycles. The normalized spacial score (nSPS) is 15.8. The van der Waals surface area contributed by atoms with Gasteiger partial charge in [-0.3, -0.25) is 0 Å². The average molecular weight is 317 g/mol. The van der Waals surface area contributed by atoms with Crippen molar-refractivity contribution in [1.29, 1.82) is 0 Å². The van der Waals surface area contributed by atoms with E-state index in [1.165, 1.54) is 6.92 Å². The van der Waals surface area contributed by atoms with Gasteiger partial charge < -0.3 is 4.74 Å². The summed E-state index contributed by atoms with van der Waals surface area (Å²) < 4.78 is 98.0. The van der Waals surface area contributed by atoms with Gasteiger partial charge in [-0.1, -0.05) is 13.3 Å². The Bertz CT molecular complexity index is 363. The van der Waals surface area contributed by atoms with Gasteiger partial charge in [0, 0.05) is 0 Å². The lowest BCUT2D eigenvalue weighted by Gasteiger charge is -2.25. The molecule has 11 heteroatoms. The molecule has 0 radical (unpaired) electrons. The fourth-order valence-corrected chi connectivity index (χ4v) is 2.21. The second-order valence-electron chi connectivity index (χ2n) is 3.90. The number of halogens is 6. The number of hydrogen-bond acceptors (Lipinski definition) is 3. The van der Waals surface area contributed by atoms with Crippen LogP contribution in [0.15, 0.2) is 0 Å². The van der Waals surface area contributed by atoms with Crippen molar-refractivity contribution in [2.75, 3.05) is 12.4 Å². The maximum atomic E-state index is 12.1. The zero-order valence-electron chi connectivity index (χ0n) is 9.75. The lowest BCUT2D eigenvalue weighted by molar-refractivity contribution is -0.323. The maximum Gasteiger partial charge on any atom is 0.423 e. The van der Waals surface area contributed by atoms with E-state index in [9.17, 15) is 34.8 Å². The largest absolute Gasteiger partial charge is 0.423 e. The standard InChI is InChI=1S/C8H13F6NO3S/c1-2-5(4-19(15,16)17)3-18-6(7(9,10)11)8(12,13)14/h5-6H,2-4H2,1H3,(H2,15,16,17). The van der Waals surface area contributed by atoms with Crippen molar-refractivity contribution in [3.8, 4) is 0 Å². The molecule has 1 unspecified atom stereocenters. The summed E-state index contributed by atoms with van der Waals surface area (Å²) in [6.45, 7) is 0.395. The van der Waals surface area contributed by atoms with Crippen LogP contribution in [0.1, 0.15) is 13.3 Å². The summed E-state index contributed by atoms with van der Waals surface area (Å²) in [5, 5.41) is 4.66. The first-order chi connectivity index (χ1) is 8.27. The molecule has 0 aromatic heterocycles. The summed E-state index contributed by atoms with van der Waals surface area (Å²) in [6.07, 6.45) is -15.1. The van der Waals surface area contributed by atoms with Gasteiger partial charge in [-0.25, -0.2) is 13.6 Å². The van der Waals surface area contributed by atoms with E-state index in [0.717, 1.165) is 0 Å². The van der Waals surface area contributed by atoms with Gasteiger partial charge in [0.25, 0.3) is 0 Å². The Morgan fingerprint density at radius 1 is 1.11 bits per heavy atom. The lowest BCUT2D eigenvalue weighted by Crippen LogP contribution is -2.45. The Hall–Kier alpha value is -0.550. The summed E-state index contributed by atoms with van der Waals surface area (Å²) >= 11 is 0. The van der Waals surface area contributed by atoms with Gasteiger partial charge in [0.15, 0.2) is 0 Å². The molecule has 0 aliphatic rings. The minimum atomic E-state index is -5.61. The van der Waals surface area contributed by atoms with Crippen LogP contribution in [0, 0.1) is 5.92 Å². The molecule has 0 aliphatic heterocycles. The molecule has 0 spiro atoms. The second-order valence-corrected chi connectivity index (χ2v) is 5.56. The third kappa shape index (κ3) is 7.57. The third-order valence-corrected chi connectivity index (χ3v) is 3.07. The minimum absolute atomic E-state index is 0.0128. The van der Waals surface area contributed by atoms with Crippen molar-refractivity contribution in [2.45, 2.75) is 31.8 Å². The zero-order chi connectivity index (χ0) is 15.5. The van der Waals surface area contributed by atoms with Crippen LogP contribution in [0.3, 0.4) is 0 Å². The topological polar surface area (TPSA) is 69.4 Å². The van der Waals surface area contributed by atoms with E-state index in [4.69, 9.17) is 0 Å². The molecule has 0 bridgehead atoms. The molecule has 19 heavy (non-hydrogen) atoms. The van der Waals surface area contributed by atoms with Crippen LogP contribution in [-0.2, 0) is 14.8 Å². The van der Waals surface area contributed by atoms with Gasteiger partial charge in [0.2, 0.25) is 16.1 Å². The van der Waals surface area contributed by atoms with Crippen LogP contribution in [-0.4, -0.2) is 39.2 Å². The van der Waals surface area contributed by atoms with E-state index in [-0.39, 0.29) is 6.42 Å². The molecule has 0 aliphatic carbocycles. The highest BCUT2D eigenvalue weighted by atomic mass is 32.2. The van der Waals surface area contributed by atoms with E-state index in [2.05, 4.69) is 9.88 Å². The summed E-state index contributed by atoms with van der Waals surface area (Å²) in [5.41, 5.74) is 0. The van der Waals surface area contributed by atoms with Gasteiger partial charge in [0.05, 0.1) is 12.4 Å². The van der Waals surface area contributed by atoms with Crippen LogP contribution in [0.2, 0.25) is 0 Å². The Labute approximate surface area is 106 Å². The predicted octanol–water partition coefficient (Wildman–Crippen LogP) is 1.81. The van der Waals surface area contributed by atoms with E-state index in [0.29, 0.717) is 0 Å². The van der Waals surface area contributed by atoms with Crippen LogP contribution >= 0.6 is 0 Å². The van der Waals surface area contributed by atoms with Gasteiger partial charge in [-0.05, 0) is 5.92 Å². The first-order valence-corrected chi connectivity index (χ1v) is 6.74. The molecule has 1 atom stereocenters. The Kier molecular flexibility index (Phi) is 6.09. The molecule has 0 saturated heterocycles. The van der Waals surface area contributed by atoms with Crippen LogP contribution < -0.4 is 5.14 Å². The molecular weight excluding hydrogens is 304 g/mol. The molecule has 0 heterocycles. The Morgan fingerprint density at radius 3 is 1.79 bits per heavy atom. The van der Waals surface area contributed by atoms with Gasteiger partial charge in [-0.15, -0.1) is 0 Å². The first kappa shape index (κ1) is 18.4. The molecule has 116 valence electrons. The van der Waals surface area contributed by atoms with E-state index in [1.54, 1.807) is 0 Å². The van der Waals surface area contributed by atoms with Crippen molar-refractivity contribution in [3.63, 3.8) is 0 Å². The van der Waals surface area contributed by atoms with Gasteiger partial charge >= 0.3 is 12.4 Å². The quantitative estimate of drug-likeness (QED) is 0.760.